The Morgan fingerprint density at radius 1 is 1.59 bits per heavy atom. The number of carbonyl (C=O) groups is 2. The molecule has 0 atom stereocenters. The van der Waals surface area contributed by atoms with Gasteiger partial charge in [-0.3, -0.25) is 0 Å². The Bertz CT molecular complexity index is 414. The second-order valence-corrected chi connectivity index (χ2v) is 4.26. The van der Waals surface area contributed by atoms with Crippen molar-refractivity contribution in [3.8, 4) is 0 Å². The van der Waals surface area contributed by atoms with Crippen molar-refractivity contribution in [2.75, 3.05) is 12.4 Å². The van der Waals surface area contributed by atoms with Gasteiger partial charge in [-0.1, -0.05) is 6.92 Å². The van der Waals surface area contributed by atoms with E-state index in [-0.39, 0.29) is 11.0 Å². The lowest BCUT2D eigenvalue weighted by atomic mass is 10.2. The zero-order chi connectivity index (χ0) is 12.9. The third kappa shape index (κ3) is 4.22. The number of aldehydes is 1. The van der Waals surface area contributed by atoms with Gasteiger partial charge in [-0.25, -0.2) is 9.78 Å². The smallest absolute Gasteiger partial charge is 0.335 e. The number of aromatic nitrogens is 1. The molecule has 1 saturated carbocycles. The summed E-state index contributed by atoms with van der Waals surface area (Å²) in [6, 6.07) is 2.92. The molecule has 17 heavy (non-hydrogen) atoms. The average Bonchev–Trinajstić information content (AvgIpc) is 3.09. The molecule has 0 spiro atoms. The molecule has 2 N–H and O–H groups in total. The van der Waals surface area contributed by atoms with Gasteiger partial charge in [0.15, 0.2) is 0 Å². The first-order chi connectivity index (χ1) is 8.00. The number of hydrogen-bond acceptors (Lipinski definition) is 4. The van der Waals surface area contributed by atoms with Crippen molar-refractivity contribution in [2.24, 2.45) is 5.41 Å². The van der Waals surface area contributed by atoms with Crippen LogP contribution >= 0.6 is 0 Å². The molecule has 1 fully saturated rings. The number of anilines is 1. The van der Waals surface area contributed by atoms with Gasteiger partial charge in [0, 0.05) is 18.7 Å². The summed E-state index contributed by atoms with van der Waals surface area (Å²) in [6.45, 7) is 1.99. The molecule has 1 aromatic rings. The highest BCUT2D eigenvalue weighted by molar-refractivity contribution is 5.88. The maximum absolute atomic E-state index is 10.4. The van der Waals surface area contributed by atoms with Crippen LogP contribution in [0.15, 0.2) is 18.3 Å². The molecule has 0 saturated heterocycles. The summed E-state index contributed by atoms with van der Waals surface area (Å²) in [7, 11) is 1.69. The van der Waals surface area contributed by atoms with Crippen LogP contribution in [0, 0.1) is 5.41 Å². The summed E-state index contributed by atoms with van der Waals surface area (Å²) in [5, 5.41) is 11.3. The van der Waals surface area contributed by atoms with Crippen LogP contribution in [0.1, 0.15) is 30.1 Å². The van der Waals surface area contributed by atoms with Crippen molar-refractivity contribution in [3.05, 3.63) is 23.9 Å². The fraction of sp³-hybridized carbons (Fsp3) is 0.417. The zero-order valence-corrected chi connectivity index (χ0v) is 9.93. The fourth-order valence-corrected chi connectivity index (χ4v) is 1.02. The van der Waals surface area contributed by atoms with E-state index in [1.807, 2.05) is 6.92 Å². The summed E-state index contributed by atoms with van der Waals surface area (Å²) in [4.78, 5) is 24.2. The normalized spacial score (nSPS) is 15.2. The summed E-state index contributed by atoms with van der Waals surface area (Å²) in [6.07, 6.45) is 4.72. The van der Waals surface area contributed by atoms with Crippen molar-refractivity contribution in [1.82, 2.24) is 4.98 Å². The minimum atomic E-state index is -0.941. The minimum absolute atomic E-state index is 0.111. The number of carbonyl (C=O) groups excluding carboxylic acids is 1. The highest BCUT2D eigenvalue weighted by atomic mass is 16.4. The molecule has 0 bridgehead atoms. The van der Waals surface area contributed by atoms with Crippen LogP contribution in [0.5, 0.6) is 0 Å². The molecule has 0 unspecified atom stereocenters. The van der Waals surface area contributed by atoms with Gasteiger partial charge in [-0.15, -0.1) is 0 Å². The van der Waals surface area contributed by atoms with E-state index < -0.39 is 5.97 Å². The molecule has 1 heterocycles. The van der Waals surface area contributed by atoms with E-state index in [1.165, 1.54) is 18.3 Å². The van der Waals surface area contributed by atoms with Gasteiger partial charge in [0.2, 0.25) is 0 Å². The molecule has 0 amide bonds. The number of nitrogens with one attached hydrogen (secondary N) is 1. The highest BCUT2D eigenvalue weighted by Gasteiger charge is 2.36. The first-order valence-corrected chi connectivity index (χ1v) is 5.34. The maximum Gasteiger partial charge on any atom is 0.335 e. The highest BCUT2D eigenvalue weighted by Crippen LogP contribution is 2.42. The van der Waals surface area contributed by atoms with E-state index in [0.29, 0.717) is 5.82 Å². The van der Waals surface area contributed by atoms with Crippen molar-refractivity contribution in [3.63, 3.8) is 0 Å². The number of pyridine rings is 1. The monoisotopic (exact) mass is 236 g/mol. The molecule has 1 aliphatic carbocycles. The molecular formula is C12H16N2O3. The molecule has 0 aromatic carbocycles. The van der Waals surface area contributed by atoms with Gasteiger partial charge in [-0.2, -0.15) is 0 Å². The zero-order valence-electron chi connectivity index (χ0n) is 9.93. The number of hydrogen-bond donors (Lipinski definition) is 2. The van der Waals surface area contributed by atoms with Crippen LogP contribution in [0.3, 0.4) is 0 Å². The second kappa shape index (κ2) is 5.43. The van der Waals surface area contributed by atoms with Crippen LogP contribution in [-0.4, -0.2) is 29.4 Å². The van der Waals surface area contributed by atoms with E-state index in [0.717, 1.165) is 19.1 Å². The molecule has 0 radical (unpaired) electrons. The first-order valence-electron chi connectivity index (χ1n) is 5.34. The lowest BCUT2D eigenvalue weighted by Gasteiger charge is -1.98. The number of rotatable bonds is 3. The molecule has 5 heteroatoms. The maximum atomic E-state index is 10.4. The van der Waals surface area contributed by atoms with Gasteiger partial charge < -0.3 is 15.2 Å². The summed E-state index contributed by atoms with van der Waals surface area (Å²) in [5.74, 6) is -0.381. The Labute approximate surface area is 99.9 Å². The number of nitrogens with zero attached hydrogens (tertiary/aromatic N) is 1. The number of carboxylic acid groups (broad SMARTS) is 1. The lowest BCUT2D eigenvalue weighted by Crippen LogP contribution is -1.99. The van der Waals surface area contributed by atoms with E-state index in [4.69, 9.17) is 5.11 Å². The SMILES string of the molecule is CC1(C=O)CC1.CNc1cc(C(=O)O)ccn1. The van der Waals surface area contributed by atoms with Crippen molar-refractivity contribution in [1.29, 1.82) is 0 Å². The van der Waals surface area contributed by atoms with E-state index in [2.05, 4.69) is 10.3 Å². The topological polar surface area (TPSA) is 79.3 Å². The fourth-order valence-electron chi connectivity index (χ4n) is 1.02. The first kappa shape index (κ1) is 13.2. The summed E-state index contributed by atoms with van der Waals surface area (Å²) in [5.41, 5.74) is 0.351. The van der Waals surface area contributed by atoms with E-state index in [1.54, 1.807) is 7.05 Å². The molecular weight excluding hydrogens is 220 g/mol. The number of carboxylic acids is 1. The van der Waals surface area contributed by atoms with Crippen LogP contribution in [0.4, 0.5) is 5.82 Å². The van der Waals surface area contributed by atoms with Crippen molar-refractivity contribution < 1.29 is 14.7 Å². The standard InChI is InChI=1S/C7H8N2O2.C5H8O/c1-8-6-4-5(7(10)11)2-3-9-6;1-5(4-6)2-3-5/h2-4H,1H3,(H,8,9)(H,10,11);4H,2-3H2,1H3. The molecule has 1 aromatic heterocycles. The third-order valence-corrected chi connectivity index (χ3v) is 2.59. The summed E-state index contributed by atoms with van der Waals surface area (Å²) >= 11 is 0. The van der Waals surface area contributed by atoms with E-state index in [9.17, 15) is 9.59 Å². The van der Waals surface area contributed by atoms with Crippen LogP contribution in [0.2, 0.25) is 0 Å². The van der Waals surface area contributed by atoms with Crippen molar-refractivity contribution >= 4 is 18.1 Å². The van der Waals surface area contributed by atoms with E-state index >= 15 is 0 Å². The van der Waals surface area contributed by atoms with Gasteiger partial charge in [0.25, 0.3) is 0 Å². The summed E-state index contributed by atoms with van der Waals surface area (Å²) < 4.78 is 0. The Balaban J connectivity index is 0.000000202. The van der Waals surface area contributed by atoms with Gasteiger partial charge in [0.1, 0.15) is 12.1 Å². The molecule has 2 rings (SSSR count). The van der Waals surface area contributed by atoms with Gasteiger partial charge in [-0.05, 0) is 25.0 Å². The second-order valence-electron chi connectivity index (χ2n) is 4.26. The van der Waals surface area contributed by atoms with Gasteiger partial charge in [0.05, 0.1) is 5.56 Å². The molecule has 92 valence electrons. The molecule has 5 nitrogen and oxygen atoms in total. The van der Waals surface area contributed by atoms with Crippen LogP contribution < -0.4 is 5.32 Å². The average molecular weight is 236 g/mol. The van der Waals surface area contributed by atoms with Crippen LogP contribution in [0.25, 0.3) is 0 Å². The lowest BCUT2D eigenvalue weighted by molar-refractivity contribution is -0.111. The molecule has 0 aliphatic heterocycles. The Morgan fingerprint density at radius 2 is 2.24 bits per heavy atom. The van der Waals surface area contributed by atoms with Gasteiger partial charge >= 0.3 is 5.97 Å². The third-order valence-electron chi connectivity index (χ3n) is 2.59. The number of aromatic carboxylic acids is 1. The minimum Gasteiger partial charge on any atom is -0.478 e. The predicted octanol–water partition coefficient (Wildman–Crippen LogP) is 1.81. The Morgan fingerprint density at radius 3 is 2.59 bits per heavy atom. The Kier molecular flexibility index (Phi) is 4.20. The van der Waals surface area contributed by atoms with Crippen molar-refractivity contribution in [2.45, 2.75) is 19.8 Å². The van der Waals surface area contributed by atoms with Crippen LogP contribution in [-0.2, 0) is 4.79 Å². The Hall–Kier alpha value is -1.91. The molecule has 1 aliphatic rings. The quantitative estimate of drug-likeness (QED) is 0.782. The largest absolute Gasteiger partial charge is 0.478 e. The predicted molar refractivity (Wildman–Crippen MR) is 64.1 cm³/mol.